The lowest BCUT2D eigenvalue weighted by molar-refractivity contribution is 0.0784. The van der Waals surface area contributed by atoms with Crippen LogP contribution in [0, 0.1) is 5.82 Å². The molecule has 8 heteroatoms. The van der Waals surface area contributed by atoms with Crippen LogP contribution in [0.1, 0.15) is 41.1 Å². The quantitative estimate of drug-likeness (QED) is 0.665. The van der Waals surface area contributed by atoms with Gasteiger partial charge < -0.3 is 9.64 Å². The number of carbonyl (C=O) groups excluding carboxylic acids is 1. The third-order valence-corrected chi connectivity index (χ3v) is 5.19. The molecule has 1 aromatic carbocycles. The SMILES string of the molecule is CCn1ccc(C(=O)N2CCC(c3cc(CCOc4ccccc4F)[nH]n3)C2)n1. The summed E-state index contributed by atoms with van der Waals surface area (Å²) in [7, 11) is 0. The molecule has 2 aromatic heterocycles. The zero-order valence-corrected chi connectivity index (χ0v) is 16.3. The Kier molecular flexibility index (Phi) is 5.59. The number of rotatable bonds is 7. The second kappa shape index (κ2) is 8.46. The summed E-state index contributed by atoms with van der Waals surface area (Å²) in [6.07, 6.45) is 3.30. The second-order valence-electron chi connectivity index (χ2n) is 7.14. The normalized spacial score (nSPS) is 16.3. The summed E-state index contributed by atoms with van der Waals surface area (Å²) in [6, 6.07) is 10.1. The summed E-state index contributed by atoms with van der Waals surface area (Å²) in [6.45, 7) is 4.42. The molecular formula is C21H24FN5O2. The number of benzene rings is 1. The molecule has 0 spiro atoms. The monoisotopic (exact) mass is 397 g/mol. The van der Waals surface area contributed by atoms with Gasteiger partial charge in [-0.2, -0.15) is 10.2 Å². The number of carbonyl (C=O) groups is 1. The van der Waals surface area contributed by atoms with Crippen LogP contribution in [0.15, 0.2) is 42.6 Å². The Hall–Kier alpha value is -3.16. The van der Waals surface area contributed by atoms with Gasteiger partial charge in [-0.3, -0.25) is 14.6 Å². The van der Waals surface area contributed by atoms with E-state index in [0.717, 1.165) is 24.4 Å². The van der Waals surface area contributed by atoms with Crippen molar-refractivity contribution in [2.24, 2.45) is 0 Å². The first kappa shape index (κ1) is 19.2. The van der Waals surface area contributed by atoms with Crippen molar-refractivity contribution >= 4 is 5.91 Å². The first-order valence-corrected chi connectivity index (χ1v) is 9.88. The molecular weight excluding hydrogens is 373 g/mol. The van der Waals surface area contributed by atoms with Crippen LogP contribution in [-0.2, 0) is 13.0 Å². The third-order valence-electron chi connectivity index (χ3n) is 5.19. The van der Waals surface area contributed by atoms with Gasteiger partial charge in [-0.15, -0.1) is 0 Å². The van der Waals surface area contributed by atoms with Gasteiger partial charge in [-0.05, 0) is 37.6 Å². The largest absolute Gasteiger partial charge is 0.490 e. The van der Waals surface area contributed by atoms with Crippen LogP contribution in [0.4, 0.5) is 4.39 Å². The zero-order valence-electron chi connectivity index (χ0n) is 16.3. The Morgan fingerprint density at radius 1 is 1.34 bits per heavy atom. The van der Waals surface area contributed by atoms with Crippen LogP contribution < -0.4 is 4.74 Å². The van der Waals surface area contributed by atoms with Crippen molar-refractivity contribution in [3.05, 3.63) is 65.5 Å². The standard InChI is InChI=1S/C21H24FN5O2/c1-2-27-11-8-18(25-27)21(28)26-10-7-15(14-26)19-13-16(23-24-19)9-12-29-20-6-4-3-5-17(20)22/h3-6,8,11,13,15H,2,7,9-10,12,14H2,1H3,(H,23,24). The maximum Gasteiger partial charge on any atom is 0.274 e. The Bertz CT molecular complexity index is 983. The maximum absolute atomic E-state index is 13.6. The molecule has 3 aromatic rings. The van der Waals surface area contributed by atoms with Gasteiger partial charge >= 0.3 is 0 Å². The van der Waals surface area contributed by atoms with E-state index in [4.69, 9.17) is 4.74 Å². The average Bonchev–Trinajstić information content (AvgIpc) is 3.49. The van der Waals surface area contributed by atoms with Gasteiger partial charge in [0.25, 0.3) is 5.91 Å². The van der Waals surface area contributed by atoms with Crippen LogP contribution in [0.25, 0.3) is 0 Å². The Labute approximate surface area is 168 Å². The minimum Gasteiger partial charge on any atom is -0.490 e. The second-order valence-corrected chi connectivity index (χ2v) is 7.14. The van der Waals surface area contributed by atoms with Crippen molar-refractivity contribution in [1.29, 1.82) is 0 Å². The van der Waals surface area contributed by atoms with Gasteiger partial charge in [0.05, 0.1) is 12.3 Å². The van der Waals surface area contributed by atoms with E-state index in [1.807, 2.05) is 24.1 Å². The first-order valence-electron chi connectivity index (χ1n) is 9.88. The summed E-state index contributed by atoms with van der Waals surface area (Å²) in [5, 5.41) is 11.7. The number of ether oxygens (including phenoxy) is 1. The van der Waals surface area contributed by atoms with Gasteiger partial charge in [0, 0.05) is 43.9 Å². The number of hydrogen-bond donors (Lipinski definition) is 1. The van der Waals surface area contributed by atoms with E-state index in [2.05, 4.69) is 15.3 Å². The number of halogens is 1. The summed E-state index contributed by atoms with van der Waals surface area (Å²) in [5.74, 6) is 0.0541. The highest BCUT2D eigenvalue weighted by molar-refractivity contribution is 5.92. The molecule has 1 aliphatic rings. The van der Waals surface area contributed by atoms with E-state index in [0.29, 0.717) is 31.8 Å². The molecule has 1 atom stereocenters. The number of H-pyrrole nitrogens is 1. The number of para-hydroxylation sites is 1. The predicted molar refractivity (Wildman–Crippen MR) is 105 cm³/mol. The molecule has 1 N–H and O–H groups in total. The van der Waals surface area contributed by atoms with Crippen molar-refractivity contribution in [1.82, 2.24) is 24.9 Å². The maximum atomic E-state index is 13.6. The molecule has 29 heavy (non-hydrogen) atoms. The zero-order chi connectivity index (χ0) is 20.2. The number of likely N-dealkylation sites (tertiary alicyclic amines) is 1. The van der Waals surface area contributed by atoms with E-state index in [-0.39, 0.29) is 23.4 Å². The van der Waals surface area contributed by atoms with Crippen LogP contribution >= 0.6 is 0 Å². The van der Waals surface area contributed by atoms with Crippen molar-refractivity contribution in [2.75, 3.05) is 19.7 Å². The topological polar surface area (TPSA) is 76.0 Å². The number of aromatic amines is 1. The van der Waals surface area contributed by atoms with E-state index in [1.54, 1.807) is 28.9 Å². The van der Waals surface area contributed by atoms with Gasteiger partial charge in [0.1, 0.15) is 5.69 Å². The lowest BCUT2D eigenvalue weighted by Gasteiger charge is -2.14. The molecule has 4 rings (SSSR count). The van der Waals surface area contributed by atoms with Gasteiger partial charge in [0.15, 0.2) is 11.6 Å². The van der Waals surface area contributed by atoms with Crippen molar-refractivity contribution < 1.29 is 13.9 Å². The lowest BCUT2D eigenvalue weighted by Crippen LogP contribution is -2.29. The minimum absolute atomic E-state index is 0.0336. The fraction of sp³-hybridized carbons (Fsp3) is 0.381. The van der Waals surface area contributed by atoms with Crippen LogP contribution in [0.2, 0.25) is 0 Å². The minimum atomic E-state index is -0.364. The van der Waals surface area contributed by atoms with E-state index in [9.17, 15) is 9.18 Å². The Morgan fingerprint density at radius 3 is 3.00 bits per heavy atom. The molecule has 0 radical (unpaired) electrons. The Morgan fingerprint density at radius 2 is 2.21 bits per heavy atom. The molecule has 3 heterocycles. The molecule has 0 bridgehead atoms. The molecule has 0 aliphatic carbocycles. The fourth-order valence-electron chi connectivity index (χ4n) is 3.55. The number of nitrogens with one attached hydrogen (secondary N) is 1. The molecule has 1 amide bonds. The number of aromatic nitrogens is 4. The van der Waals surface area contributed by atoms with Crippen LogP contribution in [-0.4, -0.2) is 50.5 Å². The molecule has 1 fully saturated rings. The average molecular weight is 397 g/mol. The molecule has 7 nitrogen and oxygen atoms in total. The number of hydrogen-bond acceptors (Lipinski definition) is 4. The van der Waals surface area contributed by atoms with Crippen LogP contribution in [0.5, 0.6) is 5.75 Å². The van der Waals surface area contributed by atoms with Gasteiger partial charge in [-0.25, -0.2) is 4.39 Å². The summed E-state index contributed by atoms with van der Waals surface area (Å²) < 4.78 is 20.8. The molecule has 152 valence electrons. The van der Waals surface area contributed by atoms with Crippen LogP contribution in [0.3, 0.4) is 0 Å². The molecule has 1 aliphatic heterocycles. The highest BCUT2D eigenvalue weighted by atomic mass is 19.1. The highest BCUT2D eigenvalue weighted by Crippen LogP contribution is 2.27. The number of aryl methyl sites for hydroxylation is 1. The Balaban J connectivity index is 1.30. The van der Waals surface area contributed by atoms with Crippen molar-refractivity contribution in [3.8, 4) is 5.75 Å². The highest BCUT2D eigenvalue weighted by Gasteiger charge is 2.30. The summed E-state index contributed by atoms with van der Waals surface area (Å²) in [4.78, 5) is 14.5. The predicted octanol–water partition coefficient (Wildman–Crippen LogP) is 3.02. The van der Waals surface area contributed by atoms with Crippen molar-refractivity contribution in [3.63, 3.8) is 0 Å². The van der Waals surface area contributed by atoms with Gasteiger partial charge in [-0.1, -0.05) is 12.1 Å². The smallest absolute Gasteiger partial charge is 0.274 e. The summed E-state index contributed by atoms with van der Waals surface area (Å²) >= 11 is 0. The van der Waals surface area contributed by atoms with E-state index in [1.165, 1.54) is 6.07 Å². The lowest BCUT2D eigenvalue weighted by atomic mass is 10.0. The van der Waals surface area contributed by atoms with E-state index >= 15 is 0 Å². The number of amides is 1. The molecule has 1 saturated heterocycles. The fourth-order valence-corrected chi connectivity index (χ4v) is 3.55. The van der Waals surface area contributed by atoms with Crippen molar-refractivity contribution in [2.45, 2.75) is 32.2 Å². The summed E-state index contributed by atoms with van der Waals surface area (Å²) in [5.41, 5.74) is 2.36. The van der Waals surface area contributed by atoms with Gasteiger partial charge in [0.2, 0.25) is 0 Å². The van der Waals surface area contributed by atoms with E-state index < -0.39 is 0 Å². The third kappa shape index (κ3) is 4.31. The molecule has 1 unspecified atom stereocenters. The molecule has 0 saturated carbocycles. The first-order chi connectivity index (χ1) is 14.1. The number of nitrogens with zero attached hydrogens (tertiary/aromatic N) is 4.